The summed E-state index contributed by atoms with van der Waals surface area (Å²) in [5.74, 6) is -0.117. The Labute approximate surface area is 209 Å². The monoisotopic (exact) mass is 499 g/mol. The number of hydrogen-bond donors (Lipinski definition) is 1. The van der Waals surface area contributed by atoms with E-state index in [-0.39, 0.29) is 16.0 Å². The van der Waals surface area contributed by atoms with Crippen molar-refractivity contribution in [3.63, 3.8) is 0 Å². The standard InChI is InChI=1S/C28H45NO3Si2/c1-21-23(19-31-33(8,9)27(2,3)4)17-22(26(30)29-25-15-13-12-14-16-25)18-24(21)20-32-34(10,11)28(5,6)7/h12-18H,19-20H2,1-11H3,(H,29,30). The summed E-state index contributed by atoms with van der Waals surface area (Å²) >= 11 is 0. The van der Waals surface area contributed by atoms with Gasteiger partial charge in [-0.05, 0) is 84.1 Å². The van der Waals surface area contributed by atoms with Gasteiger partial charge in [-0.1, -0.05) is 59.7 Å². The van der Waals surface area contributed by atoms with Crippen molar-refractivity contribution in [1.29, 1.82) is 0 Å². The Morgan fingerprint density at radius 2 is 1.21 bits per heavy atom. The molecule has 0 aromatic heterocycles. The summed E-state index contributed by atoms with van der Waals surface area (Å²) in [6.07, 6.45) is 0. The zero-order chi connectivity index (χ0) is 25.9. The fourth-order valence-corrected chi connectivity index (χ4v) is 4.84. The van der Waals surface area contributed by atoms with Crippen molar-refractivity contribution in [2.45, 2.75) is 97.9 Å². The van der Waals surface area contributed by atoms with Crippen LogP contribution < -0.4 is 5.32 Å². The minimum absolute atomic E-state index is 0.117. The Bertz CT molecular complexity index is 936. The highest BCUT2D eigenvalue weighted by Gasteiger charge is 2.38. The van der Waals surface area contributed by atoms with E-state index < -0.39 is 16.6 Å². The van der Waals surface area contributed by atoms with Gasteiger partial charge in [0.2, 0.25) is 0 Å². The molecule has 0 radical (unpaired) electrons. The molecule has 0 aliphatic heterocycles. The maximum Gasteiger partial charge on any atom is 0.255 e. The van der Waals surface area contributed by atoms with E-state index in [1.165, 1.54) is 0 Å². The normalized spacial score (nSPS) is 13.1. The van der Waals surface area contributed by atoms with Crippen molar-refractivity contribution in [1.82, 2.24) is 0 Å². The van der Waals surface area contributed by atoms with Crippen molar-refractivity contribution in [2.75, 3.05) is 5.32 Å². The number of anilines is 1. The Kier molecular flexibility index (Phi) is 8.79. The van der Waals surface area contributed by atoms with Gasteiger partial charge in [-0.25, -0.2) is 0 Å². The highest BCUT2D eigenvalue weighted by atomic mass is 28.4. The molecule has 0 aliphatic rings. The third-order valence-corrected chi connectivity index (χ3v) is 16.7. The molecule has 0 atom stereocenters. The van der Waals surface area contributed by atoms with Gasteiger partial charge in [0.25, 0.3) is 5.91 Å². The summed E-state index contributed by atoms with van der Waals surface area (Å²) in [7, 11) is -3.86. The SMILES string of the molecule is Cc1c(CO[Si](C)(C)C(C)(C)C)cc(C(=O)Nc2ccccc2)cc1CO[Si](C)(C)C(C)(C)C. The number of nitrogens with one attached hydrogen (secondary N) is 1. The first-order valence-corrected chi connectivity index (χ1v) is 18.0. The second-order valence-electron chi connectivity index (χ2n) is 12.3. The predicted octanol–water partition coefficient (Wildman–Crippen LogP) is 8.29. The Balaban J connectivity index is 2.40. The van der Waals surface area contributed by atoms with E-state index >= 15 is 0 Å². The number of para-hydroxylation sites is 1. The van der Waals surface area contributed by atoms with Crippen LogP contribution in [0.4, 0.5) is 5.69 Å². The molecular formula is C28H45NO3Si2. The van der Waals surface area contributed by atoms with Crippen LogP contribution in [0.1, 0.15) is 68.6 Å². The van der Waals surface area contributed by atoms with Gasteiger partial charge in [0.15, 0.2) is 16.6 Å². The molecule has 0 saturated heterocycles. The van der Waals surface area contributed by atoms with Crippen LogP contribution in [-0.2, 0) is 22.1 Å². The molecule has 1 N–H and O–H groups in total. The Morgan fingerprint density at radius 3 is 1.59 bits per heavy atom. The smallest absolute Gasteiger partial charge is 0.255 e. The average Bonchev–Trinajstić information content (AvgIpc) is 2.71. The molecule has 0 aliphatic carbocycles. The highest BCUT2D eigenvalue weighted by molar-refractivity contribution is 6.74. The van der Waals surface area contributed by atoms with Gasteiger partial charge < -0.3 is 14.2 Å². The molecule has 4 nitrogen and oxygen atoms in total. The second kappa shape index (κ2) is 10.5. The minimum atomic E-state index is -1.93. The van der Waals surface area contributed by atoms with Crippen LogP contribution in [0.2, 0.25) is 36.3 Å². The van der Waals surface area contributed by atoms with Gasteiger partial charge in [-0.15, -0.1) is 0 Å². The van der Waals surface area contributed by atoms with Gasteiger partial charge in [0.1, 0.15) is 0 Å². The van der Waals surface area contributed by atoms with Crippen molar-refractivity contribution >= 4 is 28.2 Å². The summed E-state index contributed by atoms with van der Waals surface area (Å²) in [6, 6.07) is 13.5. The van der Waals surface area contributed by atoms with Crippen molar-refractivity contribution in [3.05, 3.63) is 64.7 Å². The quantitative estimate of drug-likeness (QED) is 0.372. The van der Waals surface area contributed by atoms with Gasteiger partial charge in [0, 0.05) is 11.3 Å². The van der Waals surface area contributed by atoms with Gasteiger partial charge in [0.05, 0.1) is 13.2 Å². The third-order valence-electron chi connectivity index (χ3n) is 7.71. The number of hydrogen-bond acceptors (Lipinski definition) is 3. The lowest BCUT2D eigenvalue weighted by Gasteiger charge is -2.37. The molecular weight excluding hydrogens is 454 g/mol. The van der Waals surface area contributed by atoms with Gasteiger partial charge >= 0.3 is 0 Å². The number of benzene rings is 2. The fourth-order valence-electron chi connectivity index (χ4n) is 2.94. The molecule has 0 heterocycles. The number of amides is 1. The van der Waals surface area contributed by atoms with Crippen molar-refractivity contribution < 1.29 is 13.6 Å². The summed E-state index contributed by atoms with van der Waals surface area (Å²) in [4.78, 5) is 13.2. The lowest BCUT2D eigenvalue weighted by molar-refractivity contribution is 0.102. The molecule has 0 unspecified atom stereocenters. The van der Waals surface area contributed by atoms with Gasteiger partial charge in [-0.2, -0.15) is 0 Å². The first-order chi connectivity index (χ1) is 15.4. The second-order valence-corrected chi connectivity index (χ2v) is 22.0. The topological polar surface area (TPSA) is 47.6 Å². The maximum absolute atomic E-state index is 13.2. The first-order valence-electron chi connectivity index (χ1n) is 12.2. The van der Waals surface area contributed by atoms with E-state index in [9.17, 15) is 4.79 Å². The average molecular weight is 500 g/mol. The van der Waals surface area contributed by atoms with E-state index in [4.69, 9.17) is 8.85 Å². The number of rotatable bonds is 8. The fraction of sp³-hybridized carbons (Fsp3) is 0.536. The maximum atomic E-state index is 13.2. The van der Waals surface area contributed by atoms with Crippen molar-refractivity contribution in [3.8, 4) is 0 Å². The Morgan fingerprint density at radius 1 is 0.794 bits per heavy atom. The molecule has 0 spiro atoms. The van der Waals surface area contributed by atoms with Crippen LogP contribution in [0.15, 0.2) is 42.5 Å². The molecule has 2 aromatic carbocycles. The summed E-state index contributed by atoms with van der Waals surface area (Å²) in [5.41, 5.74) is 4.68. The zero-order valence-electron chi connectivity index (χ0n) is 23.2. The van der Waals surface area contributed by atoms with Gasteiger partial charge in [-0.3, -0.25) is 4.79 Å². The third kappa shape index (κ3) is 7.14. The zero-order valence-corrected chi connectivity index (χ0v) is 25.2. The van der Waals surface area contributed by atoms with E-state index in [2.05, 4.69) is 80.0 Å². The van der Waals surface area contributed by atoms with E-state index in [0.717, 1.165) is 22.4 Å². The molecule has 1 amide bonds. The van der Waals surface area contributed by atoms with E-state index in [0.29, 0.717) is 18.8 Å². The largest absolute Gasteiger partial charge is 0.413 e. The molecule has 2 aromatic rings. The molecule has 0 saturated carbocycles. The minimum Gasteiger partial charge on any atom is -0.413 e. The van der Waals surface area contributed by atoms with Crippen LogP contribution in [0, 0.1) is 6.92 Å². The molecule has 188 valence electrons. The molecule has 0 bridgehead atoms. The lowest BCUT2D eigenvalue weighted by atomic mass is 9.99. The summed E-state index contributed by atoms with van der Waals surface area (Å²) in [6.45, 7) is 25.6. The molecule has 2 rings (SSSR count). The summed E-state index contributed by atoms with van der Waals surface area (Å²) in [5, 5.41) is 3.27. The lowest BCUT2D eigenvalue weighted by Crippen LogP contribution is -2.41. The van der Waals surface area contributed by atoms with Crippen molar-refractivity contribution in [2.24, 2.45) is 0 Å². The molecule has 0 fully saturated rings. The predicted molar refractivity (Wildman–Crippen MR) is 150 cm³/mol. The van der Waals surface area contributed by atoms with E-state index in [1.807, 2.05) is 42.5 Å². The highest BCUT2D eigenvalue weighted by Crippen LogP contribution is 2.39. The van der Waals surface area contributed by atoms with Crippen LogP contribution in [0.25, 0.3) is 0 Å². The Hall–Kier alpha value is -1.74. The number of carbonyl (C=O) groups excluding carboxylic acids is 1. The molecule has 34 heavy (non-hydrogen) atoms. The van der Waals surface area contributed by atoms with Crippen LogP contribution in [0.5, 0.6) is 0 Å². The number of carbonyl (C=O) groups is 1. The first kappa shape index (κ1) is 28.5. The van der Waals surface area contributed by atoms with Crippen LogP contribution in [0.3, 0.4) is 0 Å². The van der Waals surface area contributed by atoms with Crippen LogP contribution >= 0.6 is 0 Å². The summed E-state index contributed by atoms with van der Waals surface area (Å²) < 4.78 is 13.1. The van der Waals surface area contributed by atoms with E-state index in [1.54, 1.807) is 0 Å². The molecule has 6 heteroatoms. The van der Waals surface area contributed by atoms with Crippen LogP contribution in [-0.4, -0.2) is 22.5 Å².